The van der Waals surface area contributed by atoms with Gasteiger partial charge in [-0.1, -0.05) is 28.8 Å². The third-order valence-corrected chi connectivity index (χ3v) is 3.92. The van der Waals surface area contributed by atoms with Crippen LogP contribution in [0.5, 0.6) is 11.5 Å². The predicted molar refractivity (Wildman–Crippen MR) is 65.7 cm³/mol. The standard InChI is InChI=1S/C12H12BrNO3/c13-8-3-4-9(16)11(17)10(8)12(14-7-15)5-1-2-6-12/h3-4,16-17H,1-2,5-6H2. The molecule has 0 bridgehead atoms. The highest BCUT2D eigenvalue weighted by molar-refractivity contribution is 9.10. The molecule has 0 radical (unpaired) electrons. The summed E-state index contributed by atoms with van der Waals surface area (Å²) < 4.78 is 0.647. The molecule has 1 aromatic carbocycles. The Bertz CT molecular complexity index is 489. The summed E-state index contributed by atoms with van der Waals surface area (Å²) in [5, 5.41) is 19.5. The van der Waals surface area contributed by atoms with Crippen molar-refractivity contribution in [2.24, 2.45) is 4.99 Å². The van der Waals surface area contributed by atoms with Crippen LogP contribution in [0.25, 0.3) is 0 Å². The van der Waals surface area contributed by atoms with E-state index < -0.39 is 5.54 Å². The van der Waals surface area contributed by atoms with E-state index in [9.17, 15) is 15.0 Å². The molecule has 0 aliphatic heterocycles. The van der Waals surface area contributed by atoms with Gasteiger partial charge in [-0.05, 0) is 25.0 Å². The number of phenols is 2. The highest BCUT2D eigenvalue weighted by Gasteiger charge is 2.40. The molecule has 0 aromatic heterocycles. The van der Waals surface area contributed by atoms with E-state index in [0.29, 0.717) is 22.9 Å². The van der Waals surface area contributed by atoms with E-state index in [1.54, 1.807) is 12.1 Å². The number of hydrogen-bond donors (Lipinski definition) is 2. The summed E-state index contributed by atoms with van der Waals surface area (Å²) in [5.41, 5.74) is -0.262. The van der Waals surface area contributed by atoms with E-state index in [4.69, 9.17) is 0 Å². The minimum Gasteiger partial charge on any atom is -0.504 e. The molecule has 0 amide bonds. The number of aliphatic imine (C=N–C) groups is 1. The van der Waals surface area contributed by atoms with Gasteiger partial charge in [-0.25, -0.2) is 4.79 Å². The topological polar surface area (TPSA) is 69.9 Å². The second-order valence-electron chi connectivity index (χ2n) is 4.23. The lowest BCUT2D eigenvalue weighted by Gasteiger charge is -2.25. The van der Waals surface area contributed by atoms with Gasteiger partial charge in [-0.15, -0.1) is 0 Å². The van der Waals surface area contributed by atoms with E-state index in [0.717, 1.165) is 12.8 Å². The zero-order valence-corrected chi connectivity index (χ0v) is 10.7. The number of benzene rings is 1. The molecule has 2 N–H and O–H groups in total. The number of halogens is 1. The average Bonchev–Trinajstić information content (AvgIpc) is 2.74. The van der Waals surface area contributed by atoms with Crippen molar-refractivity contribution in [1.82, 2.24) is 0 Å². The monoisotopic (exact) mass is 297 g/mol. The van der Waals surface area contributed by atoms with Gasteiger partial charge in [0.25, 0.3) is 0 Å². The summed E-state index contributed by atoms with van der Waals surface area (Å²) >= 11 is 3.34. The maximum absolute atomic E-state index is 10.6. The number of rotatable bonds is 2. The van der Waals surface area contributed by atoms with Crippen LogP contribution in [0, 0.1) is 0 Å². The Morgan fingerprint density at radius 1 is 1.29 bits per heavy atom. The largest absolute Gasteiger partial charge is 0.504 e. The van der Waals surface area contributed by atoms with Gasteiger partial charge in [0.2, 0.25) is 6.08 Å². The number of phenolic OH excluding ortho intramolecular Hbond substituents is 2. The number of nitrogens with zero attached hydrogens (tertiary/aromatic N) is 1. The van der Waals surface area contributed by atoms with E-state index in [-0.39, 0.29) is 11.5 Å². The van der Waals surface area contributed by atoms with Crippen LogP contribution in [0.1, 0.15) is 31.2 Å². The summed E-state index contributed by atoms with van der Waals surface area (Å²) in [4.78, 5) is 14.5. The van der Waals surface area contributed by atoms with E-state index >= 15 is 0 Å². The predicted octanol–water partition coefficient (Wildman–Crippen LogP) is 2.97. The van der Waals surface area contributed by atoms with Crippen LogP contribution < -0.4 is 0 Å². The maximum Gasteiger partial charge on any atom is 0.235 e. The van der Waals surface area contributed by atoms with Gasteiger partial charge in [0, 0.05) is 10.0 Å². The third kappa shape index (κ3) is 1.96. The Kier molecular flexibility index (Phi) is 3.22. The van der Waals surface area contributed by atoms with Crippen LogP contribution in [-0.4, -0.2) is 16.3 Å². The summed E-state index contributed by atoms with van der Waals surface area (Å²) in [6, 6.07) is 3.04. The molecular formula is C12H12BrNO3. The van der Waals surface area contributed by atoms with Crippen LogP contribution in [-0.2, 0) is 10.3 Å². The van der Waals surface area contributed by atoms with Crippen LogP contribution in [0.4, 0.5) is 0 Å². The zero-order valence-electron chi connectivity index (χ0n) is 9.11. The summed E-state index contributed by atoms with van der Waals surface area (Å²) in [5.74, 6) is -0.407. The van der Waals surface area contributed by atoms with Gasteiger partial charge < -0.3 is 10.2 Å². The van der Waals surface area contributed by atoms with Crippen LogP contribution in [0.15, 0.2) is 21.6 Å². The minimum atomic E-state index is -0.747. The van der Waals surface area contributed by atoms with E-state index in [1.807, 2.05) is 0 Å². The normalized spacial score (nSPS) is 17.7. The molecule has 0 unspecified atom stereocenters. The molecule has 1 aliphatic carbocycles. The van der Waals surface area contributed by atoms with Crippen molar-refractivity contribution in [3.8, 4) is 11.5 Å². The van der Waals surface area contributed by atoms with E-state index in [2.05, 4.69) is 20.9 Å². The quantitative estimate of drug-likeness (QED) is 0.501. The Morgan fingerprint density at radius 3 is 2.53 bits per heavy atom. The first-order valence-corrected chi connectivity index (χ1v) is 6.20. The van der Waals surface area contributed by atoms with Crippen LogP contribution >= 0.6 is 15.9 Å². The number of isocyanates is 1. The molecule has 4 nitrogen and oxygen atoms in total. The third-order valence-electron chi connectivity index (χ3n) is 3.26. The molecule has 5 heteroatoms. The number of aromatic hydroxyl groups is 2. The van der Waals surface area contributed by atoms with Gasteiger partial charge in [-0.2, -0.15) is 4.99 Å². The summed E-state index contributed by atoms with van der Waals surface area (Å²) in [6.07, 6.45) is 4.82. The second kappa shape index (κ2) is 4.51. The van der Waals surface area contributed by atoms with Crippen LogP contribution in [0.2, 0.25) is 0 Å². The fourth-order valence-corrected chi connectivity index (χ4v) is 3.15. The van der Waals surface area contributed by atoms with Crippen LogP contribution in [0.3, 0.4) is 0 Å². The summed E-state index contributed by atoms with van der Waals surface area (Å²) in [7, 11) is 0. The molecule has 0 saturated heterocycles. The van der Waals surface area contributed by atoms with Crippen molar-refractivity contribution in [1.29, 1.82) is 0 Å². The molecule has 1 fully saturated rings. The van der Waals surface area contributed by atoms with Crippen molar-refractivity contribution in [2.45, 2.75) is 31.2 Å². The molecule has 0 heterocycles. The van der Waals surface area contributed by atoms with Crippen molar-refractivity contribution in [3.63, 3.8) is 0 Å². The Hall–Kier alpha value is -1.32. The lowest BCUT2D eigenvalue weighted by Crippen LogP contribution is -2.19. The summed E-state index contributed by atoms with van der Waals surface area (Å²) in [6.45, 7) is 0. The molecule has 1 saturated carbocycles. The molecule has 1 aliphatic rings. The first kappa shape index (κ1) is 12.1. The maximum atomic E-state index is 10.6. The van der Waals surface area contributed by atoms with Gasteiger partial charge in [0.15, 0.2) is 11.5 Å². The number of hydrogen-bond acceptors (Lipinski definition) is 4. The molecule has 0 spiro atoms. The smallest absolute Gasteiger partial charge is 0.235 e. The molecule has 17 heavy (non-hydrogen) atoms. The molecule has 0 atom stereocenters. The zero-order chi connectivity index (χ0) is 12.5. The minimum absolute atomic E-state index is 0.199. The van der Waals surface area contributed by atoms with Gasteiger partial charge in [0.05, 0.1) is 0 Å². The average molecular weight is 298 g/mol. The van der Waals surface area contributed by atoms with E-state index in [1.165, 1.54) is 6.07 Å². The SMILES string of the molecule is O=C=NC1(c2c(Br)ccc(O)c2O)CCCC1. The van der Waals surface area contributed by atoms with Crippen molar-refractivity contribution in [2.75, 3.05) is 0 Å². The molecular weight excluding hydrogens is 286 g/mol. The first-order valence-electron chi connectivity index (χ1n) is 5.41. The van der Waals surface area contributed by atoms with Crippen molar-refractivity contribution < 1.29 is 15.0 Å². The van der Waals surface area contributed by atoms with Gasteiger partial charge in [-0.3, -0.25) is 0 Å². The fraction of sp³-hybridized carbons (Fsp3) is 0.417. The van der Waals surface area contributed by atoms with Gasteiger partial charge in [0.1, 0.15) is 5.54 Å². The Labute approximate surface area is 107 Å². The first-order chi connectivity index (χ1) is 8.10. The number of carbonyl (C=O) groups excluding carboxylic acids is 1. The molecule has 90 valence electrons. The van der Waals surface area contributed by atoms with Crippen molar-refractivity contribution >= 4 is 22.0 Å². The lowest BCUT2D eigenvalue weighted by molar-refractivity contribution is 0.372. The highest BCUT2D eigenvalue weighted by atomic mass is 79.9. The molecule has 1 aromatic rings. The van der Waals surface area contributed by atoms with Gasteiger partial charge >= 0.3 is 0 Å². The Morgan fingerprint density at radius 2 is 1.94 bits per heavy atom. The highest BCUT2D eigenvalue weighted by Crippen LogP contribution is 2.50. The van der Waals surface area contributed by atoms with Crippen molar-refractivity contribution in [3.05, 3.63) is 22.2 Å². The Balaban J connectivity index is 2.65. The lowest BCUT2D eigenvalue weighted by atomic mass is 9.88. The fourth-order valence-electron chi connectivity index (χ4n) is 2.46. The second-order valence-corrected chi connectivity index (χ2v) is 5.09. The molecule has 2 rings (SSSR count).